The van der Waals surface area contributed by atoms with Crippen LogP contribution in [0, 0.1) is 6.92 Å². The van der Waals surface area contributed by atoms with E-state index >= 15 is 0 Å². The predicted molar refractivity (Wildman–Crippen MR) is 107 cm³/mol. The van der Waals surface area contributed by atoms with Crippen molar-refractivity contribution in [2.75, 3.05) is 26.1 Å². The van der Waals surface area contributed by atoms with Crippen molar-refractivity contribution in [1.29, 1.82) is 0 Å². The molecular weight excluding hydrogens is 366 g/mol. The summed E-state index contributed by atoms with van der Waals surface area (Å²) in [6.07, 6.45) is 1.91. The molecule has 2 amide bonds. The number of fused-ring (bicyclic) bond motifs is 1. The molecule has 0 saturated heterocycles. The molecule has 27 heavy (non-hydrogen) atoms. The van der Waals surface area contributed by atoms with E-state index in [2.05, 4.69) is 35.9 Å². The van der Waals surface area contributed by atoms with Gasteiger partial charge in [0.1, 0.15) is 11.5 Å². The Morgan fingerprint density at radius 2 is 1.96 bits per heavy atom. The molecule has 0 aliphatic carbocycles. The van der Waals surface area contributed by atoms with Crippen molar-refractivity contribution in [3.8, 4) is 11.5 Å². The number of hydrogen-bond donors (Lipinski definition) is 1. The summed E-state index contributed by atoms with van der Waals surface area (Å²) in [5.41, 5.74) is 2.95. The third-order valence-electron chi connectivity index (χ3n) is 5.05. The number of ether oxygens (including phenoxy) is 2. The Morgan fingerprint density at radius 3 is 2.63 bits per heavy atom. The molecule has 2 aromatic rings. The van der Waals surface area contributed by atoms with Gasteiger partial charge in [-0.3, -0.25) is 0 Å². The maximum Gasteiger partial charge on any atom is 0.322 e. The van der Waals surface area contributed by atoms with Gasteiger partial charge >= 0.3 is 6.03 Å². The Balaban J connectivity index is 1.86. The smallest absolute Gasteiger partial charge is 0.322 e. The van der Waals surface area contributed by atoms with Gasteiger partial charge in [-0.25, -0.2) is 4.79 Å². The van der Waals surface area contributed by atoms with Crippen LogP contribution in [0.15, 0.2) is 24.3 Å². The van der Waals surface area contributed by atoms with Gasteiger partial charge in [-0.15, -0.1) is 0 Å². The normalized spacial score (nSPS) is 16.0. The third kappa shape index (κ3) is 3.72. The minimum absolute atomic E-state index is 0.0529. The lowest BCUT2D eigenvalue weighted by molar-refractivity contribution is 0.162. The Labute approximate surface area is 165 Å². The van der Waals surface area contributed by atoms with Gasteiger partial charge in [0.25, 0.3) is 0 Å². The van der Waals surface area contributed by atoms with Gasteiger partial charge in [-0.2, -0.15) is 0 Å². The minimum atomic E-state index is -0.155. The summed E-state index contributed by atoms with van der Waals surface area (Å²) in [4.78, 5) is 15.0. The largest absolute Gasteiger partial charge is 0.495 e. The van der Waals surface area contributed by atoms with E-state index in [1.54, 1.807) is 26.4 Å². The van der Waals surface area contributed by atoms with Crippen LogP contribution in [0.25, 0.3) is 0 Å². The molecule has 2 heterocycles. The number of halogens is 1. The van der Waals surface area contributed by atoms with Gasteiger partial charge in [0.2, 0.25) is 0 Å². The maximum atomic E-state index is 13.1. The number of anilines is 1. The summed E-state index contributed by atoms with van der Waals surface area (Å²) >= 11 is 6.23. The van der Waals surface area contributed by atoms with E-state index < -0.39 is 0 Å². The highest BCUT2D eigenvalue weighted by molar-refractivity contribution is 6.32. The van der Waals surface area contributed by atoms with Gasteiger partial charge in [0.15, 0.2) is 0 Å². The second kappa shape index (κ2) is 8.13. The number of carbonyl (C=O) groups excluding carboxylic acids is 1. The predicted octanol–water partition coefficient (Wildman–Crippen LogP) is 4.86. The fraction of sp³-hybridized carbons (Fsp3) is 0.450. The third-order valence-corrected chi connectivity index (χ3v) is 5.35. The van der Waals surface area contributed by atoms with Crippen molar-refractivity contribution >= 4 is 23.3 Å². The van der Waals surface area contributed by atoms with Crippen molar-refractivity contribution in [1.82, 2.24) is 9.47 Å². The highest BCUT2D eigenvalue weighted by Gasteiger charge is 2.31. The van der Waals surface area contributed by atoms with Crippen molar-refractivity contribution in [3.63, 3.8) is 0 Å². The van der Waals surface area contributed by atoms with Crippen molar-refractivity contribution in [2.24, 2.45) is 0 Å². The van der Waals surface area contributed by atoms with E-state index in [1.807, 2.05) is 4.90 Å². The number of urea groups is 1. The molecule has 1 aliphatic rings. The van der Waals surface area contributed by atoms with E-state index in [1.165, 1.54) is 11.4 Å². The van der Waals surface area contributed by atoms with Gasteiger partial charge in [-0.1, -0.05) is 24.9 Å². The summed E-state index contributed by atoms with van der Waals surface area (Å²) in [6, 6.07) is 7.47. The average molecular weight is 392 g/mol. The van der Waals surface area contributed by atoms with Crippen LogP contribution in [-0.4, -0.2) is 36.3 Å². The first-order valence-corrected chi connectivity index (χ1v) is 9.53. The van der Waals surface area contributed by atoms with Crippen LogP contribution >= 0.6 is 11.6 Å². The highest BCUT2D eigenvalue weighted by Crippen LogP contribution is 2.37. The molecule has 1 aromatic carbocycles. The molecule has 1 unspecified atom stereocenters. The molecule has 0 fully saturated rings. The van der Waals surface area contributed by atoms with Crippen molar-refractivity contribution in [2.45, 2.75) is 39.3 Å². The average Bonchev–Trinajstić information content (AvgIpc) is 3.04. The second-order valence-electron chi connectivity index (χ2n) is 6.67. The Kier molecular flexibility index (Phi) is 5.85. The molecule has 146 valence electrons. The Morgan fingerprint density at radius 1 is 1.22 bits per heavy atom. The number of amides is 2. The molecule has 3 rings (SSSR count). The molecule has 1 aliphatic heterocycles. The van der Waals surface area contributed by atoms with E-state index in [4.69, 9.17) is 21.1 Å². The van der Waals surface area contributed by atoms with E-state index in [0.29, 0.717) is 28.8 Å². The van der Waals surface area contributed by atoms with Crippen LogP contribution in [-0.2, 0) is 6.54 Å². The first kappa shape index (κ1) is 19.4. The topological polar surface area (TPSA) is 55.7 Å². The second-order valence-corrected chi connectivity index (χ2v) is 7.07. The lowest BCUT2D eigenvalue weighted by Crippen LogP contribution is -2.44. The SMILES string of the molecule is CCCC1c2ccc(C)n2CCN1C(=O)Nc1cc(Cl)c(OC)cc1OC. The number of aromatic nitrogens is 1. The Hall–Kier alpha value is -2.34. The van der Waals surface area contributed by atoms with Gasteiger partial charge < -0.3 is 24.3 Å². The molecule has 1 N–H and O–H groups in total. The summed E-state index contributed by atoms with van der Waals surface area (Å²) < 4.78 is 12.9. The van der Waals surface area contributed by atoms with Crippen LogP contribution in [0.1, 0.15) is 37.2 Å². The van der Waals surface area contributed by atoms with E-state index in [0.717, 1.165) is 19.4 Å². The zero-order valence-electron chi connectivity index (χ0n) is 16.2. The number of methoxy groups -OCH3 is 2. The monoisotopic (exact) mass is 391 g/mol. The van der Waals surface area contributed by atoms with Crippen molar-refractivity contribution in [3.05, 3.63) is 40.7 Å². The molecule has 1 aromatic heterocycles. The lowest BCUT2D eigenvalue weighted by atomic mass is 10.0. The number of benzene rings is 1. The van der Waals surface area contributed by atoms with E-state index in [-0.39, 0.29) is 12.1 Å². The number of nitrogens with one attached hydrogen (secondary N) is 1. The quantitative estimate of drug-likeness (QED) is 0.792. The molecule has 1 atom stereocenters. The fourth-order valence-electron chi connectivity index (χ4n) is 3.67. The molecular formula is C20H26ClN3O3. The van der Waals surface area contributed by atoms with Crippen LogP contribution in [0.2, 0.25) is 5.02 Å². The number of hydrogen-bond acceptors (Lipinski definition) is 3. The van der Waals surface area contributed by atoms with Crippen LogP contribution in [0.3, 0.4) is 0 Å². The minimum Gasteiger partial charge on any atom is -0.495 e. The van der Waals surface area contributed by atoms with Crippen LogP contribution in [0.5, 0.6) is 11.5 Å². The van der Waals surface area contributed by atoms with Gasteiger partial charge in [-0.05, 0) is 31.5 Å². The first-order valence-electron chi connectivity index (χ1n) is 9.15. The molecule has 0 bridgehead atoms. The number of aryl methyl sites for hydroxylation is 1. The lowest BCUT2D eigenvalue weighted by Gasteiger charge is -2.37. The summed E-state index contributed by atoms with van der Waals surface area (Å²) in [7, 11) is 3.09. The molecule has 0 saturated carbocycles. The van der Waals surface area contributed by atoms with Gasteiger partial charge in [0.05, 0.1) is 31.0 Å². The summed E-state index contributed by atoms with van der Waals surface area (Å²) in [5, 5.41) is 3.38. The van der Waals surface area contributed by atoms with E-state index in [9.17, 15) is 4.79 Å². The first-order chi connectivity index (χ1) is 13.0. The molecule has 0 radical (unpaired) electrons. The summed E-state index contributed by atoms with van der Waals surface area (Å²) in [5.74, 6) is 1.01. The van der Waals surface area contributed by atoms with Crippen LogP contribution < -0.4 is 14.8 Å². The zero-order valence-corrected chi connectivity index (χ0v) is 17.0. The molecule has 0 spiro atoms. The van der Waals surface area contributed by atoms with Crippen LogP contribution in [0.4, 0.5) is 10.5 Å². The highest BCUT2D eigenvalue weighted by atomic mass is 35.5. The summed E-state index contributed by atoms with van der Waals surface area (Å²) in [6.45, 7) is 5.69. The molecule has 7 heteroatoms. The fourth-order valence-corrected chi connectivity index (χ4v) is 3.92. The standard InChI is InChI=1S/C20H26ClN3O3/c1-5-6-16-17-8-7-13(2)23(17)9-10-24(16)20(25)22-15-11-14(21)18(26-3)12-19(15)27-4/h7-8,11-12,16H,5-6,9-10H2,1-4H3,(H,22,25). The van der Waals surface area contributed by atoms with Crippen molar-refractivity contribution < 1.29 is 14.3 Å². The Bertz CT molecular complexity index is 834. The molecule has 6 nitrogen and oxygen atoms in total. The van der Waals surface area contributed by atoms with Gasteiger partial charge in [0, 0.05) is 30.5 Å². The zero-order chi connectivity index (χ0) is 19.6. The number of carbonyl (C=O) groups is 1. The number of nitrogens with zero attached hydrogens (tertiary/aromatic N) is 2. The maximum absolute atomic E-state index is 13.1. The number of rotatable bonds is 5.